The molecule has 0 atom stereocenters. The molecule has 0 spiro atoms. The smallest absolute Gasteiger partial charge is 0.350 e. The average molecular weight is 250 g/mol. The lowest BCUT2D eigenvalue weighted by Gasteiger charge is -1.98. The quantitative estimate of drug-likeness (QED) is 0.819. The summed E-state index contributed by atoms with van der Waals surface area (Å²) in [5.41, 5.74) is 6.05. The molecule has 0 bridgehead atoms. The molecule has 1 aromatic rings. The first kappa shape index (κ1) is 9.54. The molecule has 0 aromatic carbocycles. The Labute approximate surface area is 82.6 Å². The standard InChI is InChI=1S/C7H8BrNO2S/c1-2-11-7(10)6-5(9)4(8)3-12-6/h3H,2,9H2,1H3. The highest BCUT2D eigenvalue weighted by molar-refractivity contribution is 9.10. The van der Waals surface area contributed by atoms with Crippen molar-refractivity contribution in [1.29, 1.82) is 0 Å². The molecule has 66 valence electrons. The van der Waals surface area contributed by atoms with Gasteiger partial charge in [0.1, 0.15) is 4.88 Å². The van der Waals surface area contributed by atoms with Gasteiger partial charge in [0.2, 0.25) is 0 Å². The van der Waals surface area contributed by atoms with E-state index in [1.54, 1.807) is 12.3 Å². The lowest BCUT2D eigenvalue weighted by molar-refractivity contribution is 0.0533. The van der Waals surface area contributed by atoms with Gasteiger partial charge in [-0.3, -0.25) is 0 Å². The maximum atomic E-state index is 11.2. The van der Waals surface area contributed by atoms with E-state index in [9.17, 15) is 4.79 Å². The third-order valence-electron chi connectivity index (χ3n) is 1.24. The Morgan fingerprint density at radius 3 is 2.92 bits per heavy atom. The van der Waals surface area contributed by atoms with Crippen LogP contribution in [0.4, 0.5) is 5.69 Å². The number of nitrogen functional groups attached to an aromatic ring is 1. The van der Waals surface area contributed by atoms with E-state index in [2.05, 4.69) is 15.9 Å². The molecule has 1 rings (SSSR count). The van der Waals surface area contributed by atoms with Crippen molar-refractivity contribution in [2.24, 2.45) is 0 Å². The summed E-state index contributed by atoms with van der Waals surface area (Å²) < 4.78 is 5.54. The maximum absolute atomic E-state index is 11.2. The van der Waals surface area contributed by atoms with Gasteiger partial charge in [-0.2, -0.15) is 0 Å². The molecule has 0 fully saturated rings. The summed E-state index contributed by atoms with van der Waals surface area (Å²) >= 11 is 4.49. The third-order valence-corrected chi connectivity index (χ3v) is 3.18. The van der Waals surface area contributed by atoms with Crippen LogP contribution in [-0.2, 0) is 4.74 Å². The Morgan fingerprint density at radius 2 is 2.50 bits per heavy atom. The molecule has 5 heteroatoms. The zero-order chi connectivity index (χ0) is 9.14. The summed E-state index contributed by atoms with van der Waals surface area (Å²) in [4.78, 5) is 11.6. The first-order valence-corrected chi connectivity index (χ1v) is 5.03. The van der Waals surface area contributed by atoms with E-state index in [1.165, 1.54) is 11.3 Å². The number of nitrogens with two attached hydrogens (primary N) is 1. The SMILES string of the molecule is CCOC(=O)c1scc(Br)c1N. The van der Waals surface area contributed by atoms with Crippen LogP contribution in [0, 0.1) is 0 Å². The molecule has 0 aliphatic carbocycles. The summed E-state index contributed by atoms with van der Waals surface area (Å²) in [7, 11) is 0. The zero-order valence-corrected chi connectivity index (χ0v) is 8.87. The number of hydrogen-bond acceptors (Lipinski definition) is 4. The summed E-state index contributed by atoms with van der Waals surface area (Å²) in [6.07, 6.45) is 0. The third kappa shape index (κ3) is 1.78. The van der Waals surface area contributed by atoms with E-state index < -0.39 is 0 Å². The molecule has 0 aliphatic heterocycles. The van der Waals surface area contributed by atoms with Crippen molar-refractivity contribution in [2.45, 2.75) is 6.92 Å². The highest BCUT2D eigenvalue weighted by atomic mass is 79.9. The van der Waals surface area contributed by atoms with E-state index in [-0.39, 0.29) is 5.97 Å². The Morgan fingerprint density at radius 1 is 1.83 bits per heavy atom. The van der Waals surface area contributed by atoms with Crippen LogP contribution in [0.15, 0.2) is 9.85 Å². The van der Waals surface area contributed by atoms with Crippen molar-refractivity contribution in [3.8, 4) is 0 Å². The van der Waals surface area contributed by atoms with Gasteiger partial charge < -0.3 is 10.5 Å². The van der Waals surface area contributed by atoms with Crippen LogP contribution in [0.5, 0.6) is 0 Å². The Balaban J connectivity index is 2.88. The highest BCUT2D eigenvalue weighted by Crippen LogP contribution is 2.30. The maximum Gasteiger partial charge on any atom is 0.350 e. The molecule has 0 radical (unpaired) electrons. The Kier molecular flexibility index (Phi) is 3.11. The van der Waals surface area contributed by atoms with Gasteiger partial charge in [0.15, 0.2) is 0 Å². The first-order chi connectivity index (χ1) is 5.66. The van der Waals surface area contributed by atoms with Gasteiger partial charge in [0.05, 0.1) is 16.8 Å². The molecule has 0 unspecified atom stereocenters. The van der Waals surface area contributed by atoms with Gasteiger partial charge in [0.25, 0.3) is 0 Å². The van der Waals surface area contributed by atoms with Crippen LogP contribution < -0.4 is 5.73 Å². The van der Waals surface area contributed by atoms with Crippen molar-refractivity contribution >= 4 is 38.9 Å². The van der Waals surface area contributed by atoms with Crippen LogP contribution in [0.1, 0.15) is 16.6 Å². The largest absolute Gasteiger partial charge is 0.462 e. The molecule has 12 heavy (non-hydrogen) atoms. The molecule has 2 N–H and O–H groups in total. The molecule has 0 saturated carbocycles. The van der Waals surface area contributed by atoms with Crippen molar-refractivity contribution in [1.82, 2.24) is 0 Å². The molecular weight excluding hydrogens is 242 g/mol. The number of ether oxygens (including phenoxy) is 1. The van der Waals surface area contributed by atoms with E-state index in [0.29, 0.717) is 17.2 Å². The first-order valence-electron chi connectivity index (χ1n) is 3.36. The summed E-state index contributed by atoms with van der Waals surface area (Å²) in [5.74, 6) is -0.356. The van der Waals surface area contributed by atoms with Crippen LogP contribution in [0.25, 0.3) is 0 Å². The number of esters is 1. The molecule has 0 aliphatic rings. The number of thiophene rings is 1. The minimum absolute atomic E-state index is 0.356. The zero-order valence-electron chi connectivity index (χ0n) is 6.46. The average Bonchev–Trinajstić information content (AvgIpc) is 2.34. The lowest BCUT2D eigenvalue weighted by atomic mass is 10.4. The molecule has 0 saturated heterocycles. The predicted octanol–water partition coefficient (Wildman–Crippen LogP) is 2.27. The van der Waals surface area contributed by atoms with Crippen molar-refractivity contribution < 1.29 is 9.53 Å². The molecule has 0 amide bonds. The monoisotopic (exact) mass is 249 g/mol. The second-order valence-corrected chi connectivity index (χ2v) is 3.78. The fourth-order valence-corrected chi connectivity index (χ4v) is 2.05. The van der Waals surface area contributed by atoms with E-state index in [4.69, 9.17) is 10.5 Å². The Hall–Kier alpha value is -0.550. The van der Waals surface area contributed by atoms with Crippen LogP contribution in [0.2, 0.25) is 0 Å². The van der Waals surface area contributed by atoms with Gasteiger partial charge in [-0.1, -0.05) is 0 Å². The van der Waals surface area contributed by atoms with E-state index in [0.717, 1.165) is 4.47 Å². The number of carbonyl (C=O) groups excluding carboxylic acids is 1. The minimum atomic E-state index is -0.356. The Bertz CT molecular complexity index is 298. The van der Waals surface area contributed by atoms with Crippen molar-refractivity contribution in [3.05, 3.63) is 14.7 Å². The second-order valence-electron chi connectivity index (χ2n) is 2.05. The summed E-state index contributed by atoms with van der Waals surface area (Å²) in [6.45, 7) is 2.13. The van der Waals surface area contributed by atoms with E-state index >= 15 is 0 Å². The number of anilines is 1. The molecule has 1 heterocycles. The van der Waals surface area contributed by atoms with Crippen molar-refractivity contribution in [3.63, 3.8) is 0 Å². The fourth-order valence-electron chi connectivity index (χ4n) is 0.701. The van der Waals surface area contributed by atoms with Crippen molar-refractivity contribution in [2.75, 3.05) is 12.3 Å². The summed E-state index contributed by atoms with van der Waals surface area (Å²) in [5, 5.41) is 1.77. The van der Waals surface area contributed by atoms with Gasteiger partial charge in [-0.25, -0.2) is 4.79 Å². The normalized spacial score (nSPS) is 9.83. The van der Waals surface area contributed by atoms with Crippen LogP contribution in [0.3, 0.4) is 0 Å². The molecule has 3 nitrogen and oxygen atoms in total. The van der Waals surface area contributed by atoms with Gasteiger partial charge in [-0.05, 0) is 22.9 Å². The van der Waals surface area contributed by atoms with Crippen LogP contribution in [-0.4, -0.2) is 12.6 Å². The number of hydrogen-bond donors (Lipinski definition) is 1. The predicted molar refractivity (Wildman–Crippen MR) is 52.4 cm³/mol. The summed E-state index contributed by atoms with van der Waals surface area (Å²) in [6, 6.07) is 0. The van der Waals surface area contributed by atoms with Crippen LogP contribution >= 0.6 is 27.3 Å². The van der Waals surface area contributed by atoms with Gasteiger partial charge >= 0.3 is 5.97 Å². The number of rotatable bonds is 2. The lowest BCUT2D eigenvalue weighted by Crippen LogP contribution is -2.04. The fraction of sp³-hybridized carbons (Fsp3) is 0.286. The molecule has 1 aromatic heterocycles. The second kappa shape index (κ2) is 3.91. The number of carbonyl (C=O) groups is 1. The van der Waals surface area contributed by atoms with Gasteiger partial charge in [-0.15, -0.1) is 11.3 Å². The van der Waals surface area contributed by atoms with Gasteiger partial charge in [0, 0.05) is 5.38 Å². The van der Waals surface area contributed by atoms with E-state index in [1.807, 2.05) is 0 Å². The molecular formula is C7H8BrNO2S. The minimum Gasteiger partial charge on any atom is -0.462 e. The topological polar surface area (TPSA) is 52.3 Å². The highest BCUT2D eigenvalue weighted by Gasteiger charge is 2.14. The number of halogens is 1.